The van der Waals surface area contributed by atoms with Gasteiger partial charge in [-0.15, -0.1) is 0 Å². The van der Waals surface area contributed by atoms with Crippen LogP contribution < -0.4 is 11.3 Å². The van der Waals surface area contributed by atoms with Gasteiger partial charge in [-0.1, -0.05) is 0 Å². The Morgan fingerprint density at radius 1 is 1.47 bits per heavy atom. The summed E-state index contributed by atoms with van der Waals surface area (Å²) >= 11 is 0. The third-order valence-corrected chi connectivity index (χ3v) is 2.06. The van der Waals surface area contributed by atoms with Crippen LogP contribution in [0.4, 0.5) is 13.2 Å². The van der Waals surface area contributed by atoms with E-state index < -0.39 is 41.7 Å². The summed E-state index contributed by atoms with van der Waals surface area (Å²) in [4.78, 5) is 16.1. The normalized spacial score (nSPS) is 15.6. The number of H-pyrrole nitrogens is 1. The SMILES string of the molecule is NCC(O)C(O)c1c(C(F)(F)F)nc[nH]c1=O. The molecule has 0 amide bonds. The summed E-state index contributed by atoms with van der Waals surface area (Å²) in [6.45, 7) is -0.493. The van der Waals surface area contributed by atoms with Crippen LogP contribution in [0.25, 0.3) is 0 Å². The van der Waals surface area contributed by atoms with Crippen LogP contribution in [0.5, 0.6) is 0 Å². The largest absolute Gasteiger partial charge is 0.433 e. The van der Waals surface area contributed by atoms with E-state index >= 15 is 0 Å². The highest BCUT2D eigenvalue weighted by Gasteiger charge is 2.39. The van der Waals surface area contributed by atoms with E-state index in [1.54, 1.807) is 0 Å². The van der Waals surface area contributed by atoms with Gasteiger partial charge in [0, 0.05) is 6.54 Å². The molecule has 1 aromatic heterocycles. The van der Waals surface area contributed by atoms with E-state index in [0.29, 0.717) is 6.33 Å². The summed E-state index contributed by atoms with van der Waals surface area (Å²) in [7, 11) is 0. The average Bonchev–Trinajstić information content (AvgIpc) is 2.25. The lowest BCUT2D eigenvalue weighted by Crippen LogP contribution is -2.34. The van der Waals surface area contributed by atoms with Gasteiger partial charge in [0.15, 0.2) is 5.69 Å². The first kappa shape index (κ1) is 13.6. The molecule has 0 radical (unpaired) electrons. The number of alkyl halides is 3. The molecule has 0 aliphatic heterocycles. The number of rotatable bonds is 3. The van der Waals surface area contributed by atoms with Gasteiger partial charge in [0.25, 0.3) is 5.56 Å². The van der Waals surface area contributed by atoms with Crippen molar-refractivity contribution >= 4 is 0 Å². The fraction of sp³-hybridized carbons (Fsp3) is 0.500. The third-order valence-electron chi connectivity index (χ3n) is 2.06. The molecule has 1 rings (SSSR count). The van der Waals surface area contributed by atoms with Crippen LogP contribution in [0.1, 0.15) is 17.4 Å². The van der Waals surface area contributed by atoms with Crippen LogP contribution in [0.2, 0.25) is 0 Å². The molecule has 6 nitrogen and oxygen atoms in total. The predicted octanol–water partition coefficient (Wildman–Crippen LogP) is -0.858. The van der Waals surface area contributed by atoms with Crippen molar-refractivity contribution in [2.45, 2.75) is 18.4 Å². The van der Waals surface area contributed by atoms with Crippen LogP contribution in [0.15, 0.2) is 11.1 Å². The van der Waals surface area contributed by atoms with Gasteiger partial charge in [0.1, 0.15) is 6.10 Å². The van der Waals surface area contributed by atoms with E-state index in [1.807, 2.05) is 4.98 Å². The summed E-state index contributed by atoms with van der Waals surface area (Å²) < 4.78 is 37.6. The topological polar surface area (TPSA) is 112 Å². The molecule has 0 aliphatic rings. The molecular weight excluding hydrogens is 243 g/mol. The quantitative estimate of drug-likeness (QED) is 0.560. The Kier molecular flexibility index (Phi) is 3.86. The molecule has 0 fully saturated rings. The second kappa shape index (κ2) is 4.82. The minimum Gasteiger partial charge on any atom is -0.389 e. The summed E-state index contributed by atoms with van der Waals surface area (Å²) in [5, 5.41) is 18.6. The smallest absolute Gasteiger partial charge is 0.389 e. The van der Waals surface area contributed by atoms with Crippen LogP contribution in [-0.2, 0) is 6.18 Å². The van der Waals surface area contributed by atoms with E-state index in [-0.39, 0.29) is 0 Å². The second-order valence-electron chi connectivity index (χ2n) is 3.24. The molecule has 0 aromatic carbocycles. The van der Waals surface area contributed by atoms with Crippen molar-refractivity contribution in [1.82, 2.24) is 9.97 Å². The fourth-order valence-electron chi connectivity index (χ4n) is 1.23. The number of hydrogen-bond donors (Lipinski definition) is 4. The number of aromatic amines is 1. The highest BCUT2D eigenvalue weighted by atomic mass is 19.4. The average molecular weight is 253 g/mol. The fourth-order valence-corrected chi connectivity index (χ4v) is 1.23. The molecule has 17 heavy (non-hydrogen) atoms. The maximum absolute atomic E-state index is 12.5. The van der Waals surface area contributed by atoms with Crippen LogP contribution in [0, 0.1) is 0 Å². The molecule has 1 heterocycles. The number of aromatic nitrogens is 2. The minimum atomic E-state index is -4.90. The predicted molar refractivity (Wildman–Crippen MR) is 49.9 cm³/mol. The van der Waals surface area contributed by atoms with E-state index in [2.05, 4.69) is 4.98 Å². The van der Waals surface area contributed by atoms with Gasteiger partial charge in [0.2, 0.25) is 0 Å². The first-order chi connectivity index (χ1) is 7.79. The number of halogens is 3. The van der Waals surface area contributed by atoms with Crippen LogP contribution in [0.3, 0.4) is 0 Å². The number of nitrogens with zero attached hydrogens (tertiary/aromatic N) is 1. The maximum atomic E-state index is 12.5. The number of hydrogen-bond acceptors (Lipinski definition) is 5. The zero-order chi connectivity index (χ0) is 13.2. The van der Waals surface area contributed by atoms with E-state index in [4.69, 9.17) is 5.73 Å². The molecule has 0 spiro atoms. The van der Waals surface area contributed by atoms with Crippen molar-refractivity contribution in [3.63, 3.8) is 0 Å². The van der Waals surface area contributed by atoms with Gasteiger partial charge in [-0.25, -0.2) is 4.98 Å². The Morgan fingerprint density at radius 2 is 2.06 bits per heavy atom. The first-order valence-electron chi connectivity index (χ1n) is 4.50. The van der Waals surface area contributed by atoms with Gasteiger partial charge >= 0.3 is 6.18 Å². The third kappa shape index (κ3) is 2.81. The molecule has 9 heteroatoms. The molecule has 0 saturated heterocycles. The van der Waals surface area contributed by atoms with Crippen LogP contribution >= 0.6 is 0 Å². The monoisotopic (exact) mass is 253 g/mol. The molecule has 0 aliphatic carbocycles. The lowest BCUT2D eigenvalue weighted by Gasteiger charge is -2.18. The Balaban J connectivity index is 3.36. The number of nitrogens with one attached hydrogen (secondary N) is 1. The summed E-state index contributed by atoms with van der Waals surface area (Å²) in [5.74, 6) is 0. The number of aliphatic hydroxyl groups excluding tert-OH is 2. The Labute approximate surface area is 92.9 Å². The van der Waals surface area contributed by atoms with Gasteiger partial charge in [-0.05, 0) is 0 Å². The van der Waals surface area contributed by atoms with E-state index in [1.165, 1.54) is 0 Å². The number of nitrogens with two attached hydrogens (primary N) is 1. The molecule has 0 saturated carbocycles. The summed E-state index contributed by atoms with van der Waals surface area (Å²) in [6.07, 6.45) is -8.06. The van der Waals surface area contributed by atoms with Crippen molar-refractivity contribution in [2.24, 2.45) is 5.73 Å². The minimum absolute atomic E-state index is 0.493. The molecule has 5 N–H and O–H groups in total. The molecular formula is C8H10F3N3O3. The van der Waals surface area contributed by atoms with Gasteiger partial charge < -0.3 is 20.9 Å². The van der Waals surface area contributed by atoms with Crippen molar-refractivity contribution in [3.8, 4) is 0 Å². The lowest BCUT2D eigenvalue weighted by molar-refractivity contribution is -0.143. The maximum Gasteiger partial charge on any atom is 0.433 e. The molecule has 96 valence electrons. The highest BCUT2D eigenvalue weighted by Crippen LogP contribution is 2.31. The molecule has 0 bridgehead atoms. The Bertz CT molecular complexity index is 446. The zero-order valence-corrected chi connectivity index (χ0v) is 8.40. The van der Waals surface area contributed by atoms with E-state index in [0.717, 1.165) is 0 Å². The van der Waals surface area contributed by atoms with E-state index in [9.17, 15) is 28.2 Å². The number of aliphatic hydroxyl groups is 2. The van der Waals surface area contributed by atoms with Gasteiger partial charge in [-0.3, -0.25) is 4.79 Å². The molecule has 2 atom stereocenters. The first-order valence-corrected chi connectivity index (χ1v) is 4.50. The Morgan fingerprint density at radius 3 is 2.53 bits per heavy atom. The molecule has 2 unspecified atom stereocenters. The standard InChI is InChI=1S/C8H10F3N3O3/c9-8(10,11)6-4(5(16)3(15)1-12)7(17)14-2-13-6/h2-3,5,15-16H,1,12H2,(H,13,14,17). The summed E-state index contributed by atoms with van der Waals surface area (Å²) in [5.41, 5.74) is 1.24. The zero-order valence-electron chi connectivity index (χ0n) is 8.40. The van der Waals surface area contributed by atoms with Gasteiger partial charge in [0.05, 0.1) is 18.0 Å². The van der Waals surface area contributed by atoms with Crippen molar-refractivity contribution in [1.29, 1.82) is 0 Å². The Hall–Kier alpha value is -1.45. The second-order valence-corrected chi connectivity index (χ2v) is 3.24. The lowest BCUT2D eigenvalue weighted by atomic mass is 10.0. The van der Waals surface area contributed by atoms with Crippen molar-refractivity contribution in [3.05, 3.63) is 27.9 Å². The van der Waals surface area contributed by atoms with Crippen molar-refractivity contribution < 1.29 is 23.4 Å². The van der Waals surface area contributed by atoms with Gasteiger partial charge in [-0.2, -0.15) is 13.2 Å². The highest BCUT2D eigenvalue weighted by molar-refractivity contribution is 5.22. The van der Waals surface area contributed by atoms with Crippen molar-refractivity contribution in [2.75, 3.05) is 6.54 Å². The molecule has 1 aromatic rings. The van der Waals surface area contributed by atoms with Crippen LogP contribution in [-0.4, -0.2) is 32.8 Å². The summed E-state index contributed by atoms with van der Waals surface area (Å²) in [6, 6.07) is 0.